The molecule has 0 aliphatic carbocycles. The first-order valence-corrected chi connectivity index (χ1v) is 13.5. The Labute approximate surface area is 229 Å². The van der Waals surface area contributed by atoms with E-state index in [2.05, 4.69) is 123 Å². The second-order valence-corrected chi connectivity index (χ2v) is 10.3. The van der Waals surface area contributed by atoms with Crippen LogP contribution in [0.2, 0.25) is 0 Å². The van der Waals surface area contributed by atoms with Gasteiger partial charge in [0, 0.05) is 44.9 Å². The van der Waals surface area contributed by atoms with Gasteiger partial charge in [-0.15, -0.1) is 0 Å². The van der Waals surface area contributed by atoms with Crippen molar-refractivity contribution in [2.45, 2.75) is 0 Å². The zero-order chi connectivity index (χ0) is 26.2. The Balaban J connectivity index is 1.47. The van der Waals surface area contributed by atoms with E-state index in [1.807, 2.05) is 18.3 Å². The molecule has 0 saturated heterocycles. The fourth-order valence-corrected chi connectivity index (χ4v) is 6.43. The number of hydrogen-bond donors (Lipinski definition) is 0. The standard InChI is InChI=1S/C36H22N4/c1-5-15-31-23(9-1)19-33-26-12-3-2-11-25(26)28-20-29-27-13-4-6-16-32(27)40(35(29)21-34(28)39(31)33)36-17-7-14-30(38-36)24-10-8-18-37-22-24/h1-22H. The van der Waals surface area contributed by atoms with Gasteiger partial charge in [0.05, 0.1) is 33.3 Å². The second kappa shape index (κ2) is 8.01. The third-order valence-electron chi connectivity index (χ3n) is 8.16. The number of rotatable bonds is 2. The summed E-state index contributed by atoms with van der Waals surface area (Å²) in [6.45, 7) is 0. The molecule has 0 aliphatic heterocycles. The molecule has 0 saturated carbocycles. The summed E-state index contributed by atoms with van der Waals surface area (Å²) in [5.74, 6) is 0.890. The van der Waals surface area contributed by atoms with Crippen LogP contribution in [0.4, 0.5) is 0 Å². The van der Waals surface area contributed by atoms with Crippen LogP contribution in [0.25, 0.3) is 77.0 Å². The molecule has 9 aromatic rings. The van der Waals surface area contributed by atoms with Crippen LogP contribution in [0.3, 0.4) is 0 Å². The number of para-hydroxylation sites is 2. The molecular weight excluding hydrogens is 488 g/mol. The van der Waals surface area contributed by atoms with Crippen molar-refractivity contribution in [1.82, 2.24) is 18.9 Å². The number of hydrogen-bond acceptors (Lipinski definition) is 2. The zero-order valence-electron chi connectivity index (χ0n) is 21.5. The number of nitrogens with zero attached hydrogens (tertiary/aromatic N) is 4. The summed E-state index contributed by atoms with van der Waals surface area (Å²) in [4.78, 5) is 9.45. The Morgan fingerprint density at radius 3 is 2.05 bits per heavy atom. The van der Waals surface area contributed by atoms with Crippen molar-refractivity contribution in [2.75, 3.05) is 0 Å². The van der Waals surface area contributed by atoms with Gasteiger partial charge in [-0.1, -0.05) is 66.7 Å². The maximum atomic E-state index is 5.13. The van der Waals surface area contributed by atoms with Crippen LogP contribution in [-0.2, 0) is 0 Å². The maximum absolute atomic E-state index is 5.13. The van der Waals surface area contributed by atoms with E-state index in [1.165, 1.54) is 48.9 Å². The van der Waals surface area contributed by atoms with Gasteiger partial charge in [-0.05, 0) is 60.0 Å². The number of benzene rings is 4. The Morgan fingerprint density at radius 2 is 1.20 bits per heavy atom. The highest BCUT2D eigenvalue weighted by atomic mass is 15.1. The molecule has 0 radical (unpaired) electrons. The van der Waals surface area contributed by atoms with E-state index < -0.39 is 0 Å². The van der Waals surface area contributed by atoms with Gasteiger partial charge in [-0.2, -0.15) is 0 Å². The molecule has 0 bridgehead atoms. The van der Waals surface area contributed by atoms with Crippen molar-refractivity contribution in [3.8, 4) is 17.1 Å². The molecule has 4 nitrogen and oxygen atoms in total. The van der Waals surface area contributed by atoms with Gasteiger partial charge in [0.25, 0.3) is 0 Å². The molecule has 40 heavy (non-hydrogen) atoms. The third-order valence-corrected chi connectivity index (χ3v) is 8.16. The predicted octanol–water partition coefficient (Wildman–Crippen LogP) is 8.95. The fourth-order valence-electron chi connectivity index (χ4n) is 6.43. The van der Waals surface area contributed by atoms with Crippen molar-refractivity contribution >= 4 is 59.9 Å². The number of aromatic nitrogens is 4. The Bertz CT molecular complexity index is 2430. The summed E-state index contributed by atoms with van der Waals surface area (Å²) in [7, 11) is 0. The van der Waals surface area contributed by atoms with Crippen LogP contribution in [0.15, 0.2) is 134 Å². The Kier molecular flexibility index (Phi) is 4.30. The minimum atomic E-state index is 0.890. The van der Waals surface area contributed by atoms with Crippen molar-refractivity contribution in [3.05, 3.63) is 134 Å². The van der Waals surface area contributed by atoms with E-state index in [-0.39, 0.29) is 0 Å². The highest BCUT2D eigenvalue weighted by Gasteiger charge is 2.18. The zero-order valence-corrected chi connectivity index (χ0v) is 21.5. The summed E-state index contributed by atoms with van der Waals surface area (Å²) in [6, 6.07) is 43.3. The largest absolute Gasteiger partial charge is 0.309 e. The summed E-state index contributed by atoms with van der Waals surface area (Å²) < 4.78 is 4.73. The SMILES string of the molecule is c1cncc(-c2cccc(-n3c4ccccc4c4cc5c6ccccc6c6cc7ccccc7n6c5cc43)n2)c1. The molecule has 5 aromatic heterocycles. The average Bonchev–Trinajstić information content (AvgIpc) is 3.57. The lowest BCUT2D eigenvalue weighted by molar-refractivity contribution is 1.08. The highest BCUT2D eigenvalue weighted by Crippen LogP contribution is 2.39. The third kappa shape index (κ3) is 2.90. The molecule has 5 heterocycles. The van der Waals surface area contributed by atoms with E-state index in [0.717, 1.165) is 28.1 Å². The Morgan fingerprint density at radius 1 is 0.475 bits per heavy atom. The molecule has 0 amide bonds. The first-order valence-electron chi connectivity index (χ1n) is 13.5. The van der Waals surface area contributed by atoms with E-state index in [1.54, 1.807) is 6.20 Å². The maximum Gasteiger partial charge on any atom is 0.138 e. The molecule has 0 unspecified atom stereocenters. The van der Waals surface area contributed by atoms with Gasteiger partial charge in [-0.3, -0.25) is 9.55 Å². The van der Waals surface area contributed by atoms with Crippen molar-refractivity contribution in [2.24, 2.45) is 0 Å². The first-order chi connectivity index (χ1) is 19.8. The van der Waals surface area contributed by atoms with Gasteiger partial charge in [0.2, 0.25) is 0 Å². The normalized spacial score (nSPS) is 12.0. The molecule has 0 aliphatic rings. The van der Waals surface area contributed by atoms with Crippen LogP contribution in [-0.4, -0.2) is 18.9 Å². The lowest BCUT2D eigenvalue weighted by Gasteiger charge is -2.12. The Hall–Kier alpha value is -5.48. The molecule has 4 aromatic carbocycles. The first kappa shape index (κ1) is 21.5. The van der Waals surface area contributed by atoms with Crippen molar-refractivity contribution < 1.29 is 0 Å². The quantitative estimate of drug-likeness (QED) is 0.218. The van der Waals surface area contributed by atoms with Gasteiger partial charge in [0.1, 0.15) is 5.82 Å². The van der Waals surface area contributed by atoms with Gasteiger partial charge < -0.3 is 4.40 Å². The average molecular weight is 511 g/mol. The van der Waals surface area contributed by atoms with E-state index in [4.69, 9.17) is 4.98 Å². The van der Waals surface area contributed by atoms with Gasteiger partial charge in [-0.25, -0.2) is 4.98 Å². The molecule has 9 rings (SSSR count). The van der Waals surface area contributed by atoms with E-state index in [9.17, 15) is 0 Å². The summed E-state index contributed by atoms with van der Waals surface area (Å²) >= 11 is 0. The molecule has 0 fully saturated rings. The van der Waals surface area contributed by atoms with Gasteiger partial charge >= 0.3 is 0 Å². The highest BCUT2D eigenvalue weighted by molar-refractivity contribution is 6.21. The monoisotopic (exact) mass is 510 g/mol. The van der Waals surface area contributed by atoms with Crippen molar-refractivity contribution in [1.29, 1.82) is 0 Å². The number of fused-ring (bicyclic) bond motifs is 11. The molecule has 186 valence electrons. The molecule has 0 atom stereocenters. The topological polar surface area (TPSA) is 35.1 Å². The van der Waals surface area contributed by atoms with Crippen LogP contribution in [0.1, 0.15) is 0 Å². The van der Waals surface area contributed by atoms with E-state index in [0.29, 0.717) is 0 Å². The lowest BCUT2D eigenvalue weighted by Crippen LogP contribution is -1.99. The van der Waals surface area contributed by atoms with Gasteiger partial charge in [0.15, 0.2) is 0 Å². The molecule has 4 heteroatoms. The smallest absolute Gasteiger partial charge is 0.138 e. The van der Waals surface area contributed by atoms with E-state index >= 15 is 0 Å². The number of pyridine rings is 3. The minimum Gasteiger partial charge on any atom is -0.309 e. The van der Waals surface area contributed by atoms with Crippen molar-refractivity contribution in [3.63, 3.8) is 0 Å². The fraction of sp³-hybridized carbons (Fsp3) is 0. The predicted molar refractivity (Wildman–Crippen MR) is 165 cm³/mol. The second-order valence-electron chi connectivity index (χ2n) is 10.3. The summed E-state index contributed by atoms with van der Waals surface area (Å²) in [5, 5.41) is 7.46. The van der Waals surface area contributed by atoms with Crippen LogP contribution >= 0.6 is 0 Å². The minimum absolute atomic E-state index is 0.890. The van der Waals surface area contributed by atoms with Crippen LogP contribution in [0.5, 0.6) is 0 Å². The van der Waals surface area contributed by atoms with Crippen LogP contribution < -0.4 is 0 Å². The molecule has 0 N–H and O–H groups in total. The lowest BCUT2D eigenvalue weighted by atomic mass is 10.0. The summed E-state index contributed by atoms with van der Waals surface area (Å²) in [5.41, 5.74) is 7.81. The summed E-state index contributed by atoms with van der Waals surface area (Å²) in [6.07, 6.45) is 3.66. The molecule has 0 spiro atoms. The van der Waals surface area contributed by atoms with Crippen LogP contribution in [0, 0.1) is 0 Å². The molecular formula is C36H22N4.